The standard InChI is InChI=1S/C16H17Cl2NO4S/c1-8-5-9(2)16(10(3)6-8)24(21,22)19-12-7-11(17)14(20)13(18)15(12)23-4/h5-7,19-20H,1-4H3. The summed E-state index contributed by atoms with van der Waals surface area (Å²) < 4.78 is 33.2. The van der Waals surface area contributed by atoms with Gasteiger partial charge >= 0.3 is 0 Å². The van der Waals surface area contributed by atoms with Crippen LogP contribution in [0.15, 0.2) is 23.1 Å². The first-order valence-corrected chi connectivity index (χ1v) is 9.18. The molecular formula is C16H17Cl2NO4S. The number of aryl methyl sites for hydroxylation is 3. The number of halogens is 2. The Morgan fingerprint density at radius 1 is 1.08 bits per heavy atom. The number of nitrogens with one attached hydrogen (secondary N) is 1. The van der Waals surface area contributed by atoms with Crippen LogP contribution in [0.1, 0.15) is 16.7 Å². The summed E-state index contributed by atoms with van der Waals surface area (Å²) in [6.45, 7) is 5.34. The van der Waals surface area contributed by atoms with Gasteiger partial charge in [-0.05, 0) is 38.0 Å². The van der Waals surface area contributed by atoms with Gasteiger partial charge in [-0.15, -0.1) is 0 Å². The molecule has 2 rings (SSSR count). The molecule has 0 bridgehead atoms. The lowest BCUT2D eigenvalue weighted by Gasteiger charge is -2.17. The Balaban J connectivity index is 2.60. The van der Waals surface area contributed by atoms with Gasteiger partial charge in [0.2, 0.25) is 0 Å². The molecule has 0 aliphatic rings. The molecule has 0 amide bonds. The minimum atomic E-state index is -3.90. The van der Waals surface area contributed by atoms with E-state index in [0.717, 1.165) is 5.56 Å². The van der Waals surface area contributed by atoms with Crippen LogP contribution in [0.2, 0.25) is 10.0 Å². The number of benzene rings is 2. The number of methoxy groups -OCH3 is 1. The van der Waals surface area contributed by atoms with E-state index in [2.05, 4.69) is 4.72 Å². The number of hydrogen-bond acceptors (Lipinski definition) is 4. The quantitative estimate of drug-likeness (QED) is 0.758. The van der Waals surface area contributed by atoms with Crippen molar-refractivity contribution in [3.8, 4) is 11.5 Å². The van der Waals surface area contributed by atoms with Crippen LogP contribution in [-0.4, -0.2) is 20.6 Å². The van der Waals surface area contributed by atoms with Crippen LogP contribution < -0.4 is 9.46 Å². The predicted octanol–water partition coefficient (Wildman–Crippen LogP) is 4.43. The Hall–Kier alpha value is -1.63. The van der Waals surface area contributed by atoms with Gasteiger partial charge in [0, 0.05) is 0 Å². The summed E-state index contributed by atoms with van der Waals surface area (Å²) in [4.78, 5) is 0.176. The van der Waals surface area contributed by atoms with E-state index in [4.69, 9.17) is 27.9 Å². The highest BCUT2D eigenvalue weighted by atomic mass is 35.5. The Morgan fingerprint density at radius 3 is 2.12 bits per heavy atom. The van der Waals surface area contributed by atoms with E-state index in [1.54, 1.807) is 26.0 Å². The summed E-state index contributed by atoms with van der Waals surface area (Å²) in [5.74, 6) is -0.384. The van der Waals surface area contributed by atoms with E-state index in [9.17, 15) is 13.5 Å². The molecule has 0 atom stereocenters. The highest BCUT2D eigenvalue weighted by Crippen LogP contribution is 2.45. The molecule has 0 spiro atoms. The van der Waals surface area contributed by atoms with E-state index >= 15 is 0 Å². The van der Waals surface area contributed by atoms with E-state index in [-0.39, 0.29) is 32.1 Å². The average Bonchev–Trinajstić information content (AvgIpc) is 2.43. The van der Waals surface area contributed by atoms with Crippen LogP contribution in [0, 0.1) is 20.8 Å². The second-order valence-electron chi connectivity index (χ2n) is 5.44. The molecule has 0 unspecified atom stereocenters. The van der Waals surface area contributed by atoms with Crippen molar-refractivity contribution in [1.82, 2.24) is 0 Å². The lowest BCUT2D eigenvalue weighted by molar-refractivity contribution is 0.410. The van der Waals surface area contributed by atoms with Crippen LogP contribution in [-0.2, 0) is 10.0 Å². The minimum Gasteiger partial charge on any atom is -0.505 e. The summed E-state index contributed by atoms with van der Waals surface area (Å²) in [5.41, 5.74) is 2.26. The second kappa shape index (κ2) is 6.70. The molecule has 0 radical (unpaired) electrons. The molecule has 0 aliphatic heterocycles. The van der Waals surface area contributed by atoms with Gasteiger partial charge in [-0.25, -0.2) is 8.42 Å². The van der Waals surface area contributed by atoms with Gasteiger partial charge in [0.1, 0.15) is 5.02 Å². The molecule has 5 nitrogen and oxygen atoms in total. The maximum atomic E-state index is 12.8. The minimum absolute atomic E-state index is 0.00967. The molecule has 2 aromatic carbocycles. The summed E-state index contributed by atoms with van der Waals surface area (Å²) in [7, 11) is -2.59. The summed E-state index contributed by atoms with van der Waals surface area (Å²) in [6.07, 6.45) is 0. The Labute approximate surface area is 151 Å². The number of rotatable bonds is 4. The van der Waals surface area contributed by atoms with Crippen LogP contribution in [0.25, 0.3) is 0 Å². The maximum absolute atomic E-state index is 12.8. The van der Waals surface area contributed by atoms with Crippen molar-refractivity contribution in [3.63, 3.8) is 0 Å². The molecule has 24 heavy (non-hydrogen) atoms. The molecule has 0 saturated carbocycles. The van der Waals surface area contributed by atoms with Crippen molar-refractivity contribution >= 4 is 38.9 Å². The molecule has 0 aromatic heterocycles. The maximum Gasteiger partial charge on any atom is 0.262 e. The zero-order valence-corrected chi connectivity index (χ0v) is 15.9. The monoisotopic (exact) mass is 389 g/mol. The highest BCUT2D eigenvalue weighted by molar-refractivity contribution is 7.92. The molecule has 0 heterocycles. The van der Waals surface area contributed by atoms with E-state index in [1.165, 1.54) is 13.2 Å². The normalized spacial score (nSPS) is 11.4. The zero-order valence-electron chi connectivity index (χ0n) is 13.6. The fourth-order valence-corrected chi connectivity index (χ4v) is 4.69. The van der Waals surface area contributed by atoms with Gasteiger partial charge in [0.25, 0.3) is 10.0 Å². The molecular weight excluding hydrogens is 373 g/mol. The molecule has 8 heteroatoms. The van der Waals surface area contributed by atoms with Crippen LogP contribution in [0.4, 0.5) is 5.69 Å². The molecule has 0 fully saturated rings. The number of ether oxygens (including phenoxy) is 1. The van der Waals surface area contributed by atoms with E-state index in [1.807, 2.05) is 6.92 Å². The molecule has 0 aliphatic carbocycles. The van der Waals surface area contributed by atoms with Gasteiger partial charge in [-0.1, -0.05) is 40.9 Å². The number of anilines is 1. The van der Waals surface area contributed by atoms with Crippen LogP contribution >= 0.6 is 23.2 Å². The van der Waals surface area contributed by atoms with Gasteiger partial charge in [0.15, 0.2) is 11.5 Å². The summed E-state index contributed by atoms with van der Waals surface area (Å²) >= 11 is 11.8. The first-order valence-electron chi connectivity index (χ1n) is 6.94. The lowest BCUT2D eigenvalue weighted by Crippen LogP contribution is -2.16. The zero-order chi connectivity index (χ0) is 18.2. The number of sulfonamides is 1. The molecule has 130 valence electrons. The first-order chi connectivity index (χ1) is 11.1. The van der Waals surface area contributed by atoms with Crippen molar-refractivity contribution in [2.24, 2.45) is 0 Å². The van der Waals surface area contributed by atoms with Gasteiger partial charge < -0.3 is 9.84 Å². The SMILES string of the molecule is COc1c(NS(=O)(=O)c2c(C)cc(C)cc2C)cc(Cl)c(O)c1Cl. The van der Waals surface area contributed by atoms with Crippen molar-refractivity contribution in [2.45, 2.75) is 25.7 Å². The number of phenolic OH excluding ortho intramolecular Hbond substituents is 1. The van der Waals surface area contributed by atoms with E-state index in [0.29, 0.717) is 11.1 Å². The predicted molar refractivity (Wildman–Crippen MR) is 96.1 cm³/mol. The van der Waals surface area contributed by atoms with Gasteiger partial charge in [0.05, 0.1) is 22.7 Å². The average molecular weight is 390 g/mol. The number of hydrogen-bond donors (Lipinski definition) is 2. The lowest BCUT2D eigenvalue weighted by atomic mass is 10.1. The first kappa shape index (κ1) is 18.7. The van der Waals surface area contributed by atoms with Gasteiger partial charge in [-0.3, -0.25) is 4.72 Å². The number of aromatic hydroxyl groups is 1. The molecule has 2 aromatic rings. The highest BCUT2D eigenvalue weighted by Gasteiger charge is 2.24. The third kappa shape index (κ3) is 3.41. The largest absolute Gasteiger partial charge is 0.505 e. The van der Waals surface area contributed by atoms with Crippen LogP contribution in [0.3, 0.4) is 0 Å². The molecule has 0 saturated heterocycles. The van der Waals surface area contributed by atoms with Crippen molar-refractivity contribution in [3.05, 3.63) is 44.9 Å². The van der Waals surface area contributed by atoms with Crippen molar-refractivity contribution in [2.75, 3.05) is 11.8 Å². The van der Waals surface area contributed by atoms with Crippen molar-refractivity contribution < 1.29 is 18.3 Å². The fraction of sp³-hybridized carbons (Fsp3) is 0.250. The smallest absolute Gasteiger partial charge is 0.262 e. The van der Waals surface area contributed by atoms with E-state index < -0.39 is 10.0 Å². The Kier molecular flexibility index (Phi) is 5.22. The number of phenols is 1. The summed E-state index contributed by atoms with van der Waals surface area (Å²) in [6, 6.07) is 4.82. The third-order valence-electron chi connectivity index (χ3n) is 3.47. The second-order valence-corrected chi connectivity index (χ2v) is 7.84. The Bertz CT molecular complexity index is 888. The van der Waals surface area contributed by atoms with Crippen molar-refractivity contribution in [1.29, 1.82) is 0 Å². The van der Waals surface area contributed by atoms with Crippen LogP contribution in [0.5, 0.6) is 11.5 Å². The third-order valence-corrected chi connectivity index (χ3v) is 5.78. The topological polar surface area (TPSA) is 75.6 Å². The fourth-order valence-electron chi connectivity index (χ4n) is 2.65. The molecule has 2 N–H and O–H groups in total. The summed E-state index contributed by atoms with van der Waals surface area (Å²) in [5, 5.41) is 9.50. The van der Waals surface area contributed by atoms with Gasteiger partial charge in [-0.2, -0.15) is 0 Å². The Morgan fingerprint density at radius 2 is 1.62 bits per heavy atom.